The van der Waals surface area contributed by atoms with E-state index in [1.807, 2.05) is 24.4 Å². The molecule has 2 aliphatic rings. The molecule has 0 bridgehead atoms. The first-order chi connectivity index (χ1) is 14.6. The van der Waals surface area contributed by atoms with E-state index in [-0.39, 0.29) is 24.5 Å². The SMILES string of the molecule is Cc1nc(CN2CC(OCc3ccncc3)CN(C(=O)C3CCCO3)CC2=O)cs1. The van der Waals surface area contributed by atoms with E-state index in [0.29, 0.717) is 39.3 Å². The minimum Gasteiger partial charge on any atom is -0.370 e. The highest BCUT2D eigenvalue weighted by molar-refractivity contribution is 7.09. The Bertz CT molecular complexity index is 869. The first-order valence-corrected chi connectivity index (χ1v) is 11.1. The summed E-state index contributed by atoms with van der Waals surface area (Å²) in [7, 11) is 0. The average Bonchev–Trinajstić information content (AvgIpc) is 3.40. The van der Waals surface area contributed by atoms with E-state index in [4.69, 9.17) is 9.47 Å². The second-order valence-corrected chi connectivity index (χ2v) is 8.70. The fraction of sp³-hybridized carbons (Fsp3) is 0.524. The summed E-state index contributed by atoms with van der Waals surface area (Å²) in [5, 5.41) is 2.93. The number of aryl methyl sites for hydroxylation is 1. The number of pyridine rings is 1. The van der Waals surface area contributed by atoms with Crippen molar-refractivity contribution in [2.75, 3.05) is 26.2 Å². The Balaban J connectivity index is 1.48. The van der Waals surface area contributed by atoms with Gasteiger partial charge in [-0.15, -0.1) is 11.3 Å². The summed E-state index contributed by atoms with van der Waals surface area (Å²) in [4.78, 5) is 37.8. The molecular formula is C21H26N4O4S. The average molecular weight is 431 g/mol. The molecule has 2 atom stereocenters. The maximum Gasteiger partial charge on any atom is 0.252 e. The third kappa shape index (κ3) is 5.21. The Morgan fingerprint density at radius 1 is 1.33 bits per heavy atom. The Kier molecular flexibility index (Phi) is 6.71. The highest BCUT2D eigenvalue weighted by atomic mass is 32.1. The van der Waals surface area contributed by atoms with Crippen LogP contribution < -0.4 is 0 Å². The standard InChI is InChI=1S/C21H26N4O4S/c1-15-23-17(14-30-15)9-24-10-18(29-13-16-4-6-22-7-5-16)11-25(12-20(24)26)21(27)19-3-2-8-28-19/h4-7,14,18-19H,2-3,8-13H2,1H3. The number of aromatic nitrogens is 2. The monoisotopic (exact) mass is 430 g/mol. The molecule has 2 saturated heterocycles. The van der Waals surface area contributed by atoms with Gasteiger partial charge in [-0.25, -0.2) is 4.98 Å². The molecule has 0 saturated carbocycles. The van der Waals surface area contributed by atoms with Gasteiger partial charge in [-0.3, -0.25) is 14.6 Å². The van der Waals surface area contributed by atoms with Crippen LogP contribution in [-0.4, -0.2) is 70.0 Å². The van der Waals surface area contributed by atoms with Gasteiger partial charge in [0.15, 0.2) is 0 Å². The van der Waals surface area contributed by atoms with E-state index >= 15 is 0 Å². The first kappa shape index (κ1) is 20.9. The summed E-state index contributed by atoms with van der Waals surface area (Å²) in [5.41, 5.74) is 1.86. The van der Waals surface area contributed by atoms with Crippen LogP contribution in [0.3, 0.4) is 0 Å². The quantitative estimate of drug-likeness (QED) is 0.695. The Morgan fingerprint density at radius 2 is 2.17 bits per heavy atom. The number of hydrogen-bond acceptors (Lipinski definition) is 7. The molecule has 0 N–H and O–H groups in total. The second-order valence-electron chi connectivity index (χ2n) is 7.64. The number of hydrogen-bond donors (Lipinski definition) is 0. The number of amides is 2. The lowest BCUT2D eigenvalue weighted by Crippen LogP contribution is -2.44. The van der Waals surface area contributed by atoms with Crippen molar-refractivity contribution in [3.63, 3.8) is 0 Å². The smallest absolute Gasteiger partial charge is 0.252 e. The Hall–Kier alpha value is -2.36. The number of nitrogens with zero attached hydrogens (tertiary/aromatic N) is 4. The highest BCUT2D eigenvalue weighted by Gasteiger charge is 2.35. The van der Waals surface area contributed by atoms with Crippen molar-refractivity contribution in [3.05, 3.63) is 46.2 Å². The Morgan fingerprint density at radius 3 is 2.87 bits per heavy atom. The van der Waals surface area contributed by atoms with Gasteiger partial charge in [-0.1, -0.05) is 0 Å². The van der Waals surface area contributed by atoms with Crippen LogP contribution in [0.15, 0.2) is 29.9 Å². The second kappa shape index (κ2) is 9.63. The van der Waals surface area contributed by atoms with Crippen LogP contribution >= 0.6 is 11.3 Å². The van der Waals surface area contributed by atoms with Gasteiger partial charge in [0.05, 0.1) is 36.5 Å². The van der Waals surface area contributed by atoms with Gasteiger partial charge in [0.25, 0.3) is 5.91 Å². The molecule has 0 spiro atoms. The van der Waals surface area contributed by atoms with Crippen LogP contribution in [-0.2, 0) is 32.2 Å². The largest absolute Gasteiger partial charge is 0.370 e. The normalized spacial score (nSPS) is 22.4. The zero-order valence-electron chi connectivity index (χ0n) is 17.0. The number of thiazole rings is 1. The third-order valence-electron chi connectivity index (χ3n) is 5.30. The molecule has 9 heteroatoms. The minimum absolute atomic E-state index is 0.0386. The maximum absolute atomic E-state index is 13.0. The van der Waals surface area contributed by atoms with E-state index in [1.54, 1.807) is 33.5 Å². The molecule has 2 aliphatic heterocycles. The summed E-state index contributed by atoms with van der Waals surface area (Å²) in [6.07, 6.45) is 4.27. The van der Waals surface area contributed by atoms with E-state index in [0.717, 1.165) is 22.7 Å². The molecule has 2 unspecified atom stereocenters. The van der Waals surface area contributed by atoms with Crippen LogP contribution in [0.1, 0.15) is 29.1 Å². The van der Waals surface area contributed by atoms with Crippen molar-refractivity contribution < 1.29 is 19.1 Å². The van der Waals surface area contributed by atoms with Gasteiger partial charge in [0, 0.05) is 37.5 Å². The van der Waals surface area contributed by atoms with Crippen molar-refractivity contribution in [3.8, 4) is 0 Å². The predicted molar refractivity (Wildman–Crippen MR) is 111 cm³/mol. The third-order valence-corrected chi connectivity index (χ3v) is 6.12. The lowest BCUT2D eigenvalue weighted by Gasteiger charge is -2.26. The number of carbonyl (C=O) groups excluding carboxylic acids is 2. The van der Waals surface area contributed by atoms with E-state index < -0.39 is 6.10 Å². The van der Waals surface area contributed by atoms with Crippen molar-refractivity contribution in [2.24, 2.45) is 0 Å². The van der Waals surface area contributed by atoms with Crippen LogP contribution in [0, 0.1) is 6.92 Å². The van der Waals surface area contributed by atoms with E-state index in [9.17, 15) is 9.59 Å². The van der Waals surface area contributed by atoms with E-state index in [1.165, 1.54) is 0 Å². The minimum atomic E-state index is -0.452. The summed E-state index contributed by atoms with van der Waals surface area (Å²) >= 11 is 1.56. The molecule has 0 aliphatic carbocycles. The first-order valence-electron chi connectivity index (χ1n) is 10.2. The number of ether oxygens (including phenoxy) is 2. The summed E-state index contributed by atoms with van der Waals surface area (Å²) in [6, 6.07) is 3.79. The van der Waals surface area contributed by atoms with Crippen molar-refractivity contribution in [2.45, 2.75) is 45.1 Å². The van der Waals surface area contributed by atoms with Gasteiger partial charge < -0.3 is 19.3 Å². The fourth-order valence-electron chi connectivity index (χ4n) is 3.75. The van der Waals surface area contributed by atoms with Crippen LogP contribution in [0.5, 0.6) is 0 Å². The van der Waals surface area contributed by atoms with E-state index in [2.05, 4.69) is 9.97 Å². The lowest BCUT2D eigenvalue weighted by molar-refractivity contribution is -0.145. The molecule has 2 amide bonds. The molecule has 4 heterocycles. The highest BCUT2D eigenvalue weighted by Crippen LogP contribution is 2.19. The Labute approximate surface area is 179 Å². The zero-order chi connectivity index (χ0) is 20.9. The summed E-state index contributed by atoms with van der Waals surface area (Å²) in [6.45, 7) is 4.17. The zero-order valence-corrected chi connectivity index (χ0v) is 17.8. The molecule has 2 fully saturated rings. The molecule has 30 heavy (non-hydrogen) atoms. The topological polar surface area (TPSA) is 84.9 Å². The lowest BCUT2D eigenvalue weighted by atomic mass is 10.2. The van der Waals surface area contributed by atoms with Gasteiger partial charge in [-0.2, -0.15) is 0 Å². The van der Waals surface area contributed by atoms with Gasteiger partial charge >= 0.3 is 0 Å². The molecule has 2 aromatic rings. The van der Waals surface area contributed by atoms with Gasteiger partial charge in [0.1, 0.15) is 6.10 Å². The molecule has 0 aromatic carbocycles. The van der Waals surface area contributed by atoms with Crippen LogP contribution in [0.4, 0.5) is 0 Å². The molecule has 4 rings (SSSR count). The molecular weight excluding hydrogens is 404 g/mol. The fourth-order valence-corrected chi connectivity index (χ4v) is 4.35. The number of carbonyl (C=O) groups is 2. The molecule has 2 aromatic heterocycles. The van der Waals surface area contributed by atoms with Gasteiger partial charge in [-0.05, 0) is 37.5 Å². The predicted octanol–water partition coefficient (Wildman–Crippen LogP) is 1.78. The molecule has 8 nitrogen and oxygen atoms in total. The van der Waals surface area contributed by atoms with Crippen LogP contribution in [0.2, 0.25) is 0 Å². The summed E-state index contributed by atoms with van der Waals surface area (Å²) < 4.78 is 11.7. The van der Waals surface area contributed by atoms with Crippen molar-refractivity contribution in [1.82, 2.24) is 19.8 Å². The molecule has 0 radical (unpaired) electrons. The summed E-state index contributed by atoms with van der Waals surface area (Å²) in [5.74, 6) is -0.216. The van der Waals surface area contributed by atoms with Crippen molar-refractivity contribution >= 4 is 23.2 Å². The maximum atomic E-state index is 13.0. The van der Waals surface area contributed by atoms with Gasteiger partial charge in [0.2, 0.25) is 5.91 Å². The molecule has 160 valence electrons. The van der Waals surface area contributed by atoms with Crippen molar-refractivity contribution in [1.29, 1.82) is 0 Å². The number of rotatable bonds is 6. The van der Waals surface area contributed by atoms with Crippen LogP contribution in [0.25, 0.3) is 0 Å².